The van der Waals surface area contributed by atoms with Crippen LogP contribution in [0.2, 0.25) is 0 Å². The molecule has 0 heterocycles. The Morgan fingerprint density at radius 2 is 0.672 bits per heavy atom. The molecule has 4 nitrogen and oxygen atoms in total. The number of carbonyl (C=O) groups excluding carboxylic acids is 1. The van der Waals surface area contributed by atoms with Gasteiger partial charge in [-0.3, -0.25) is 4.79 Å². The number of carbonyl (C=O) groups is 1. The summed E-state index contributed by atoms with van der Waals surface area (Å²) in [6, 6.07) is -0.646. The van der Waals surface area contributed by atoms with Crippen LogP contribution in [-0.2, 0) is 4.79 Å². The van der Waals surface area contributed by atoms with Gasteiger partial charge in [-0.15, -0.1) is 0 Å². The molecule has 0 aromatic rings. The van der Waals surface area contributed by atoms with Crippen molar-refractivity contribution in [2.75, 3.05) is 6.61 Å². The summed E-state index contributed by atoms with van der Waals surface area (Å²) in [4.78, 5) is 12.5. The lowest BCUT2D eigenvalue weighted by molar-refractivity contribution is -0.123. The second-order valence-electron chi connectivity index (χ2n) is 18.6. The number of rotatable bonds is 50. The van der Waals surface area contributed by atoms with E-state index in [0.29, 0.717) is 6.42 Å². The van der Waals surface area contributed by atoms with Crippen LogP contribution in [0, 0.1) is 0 Å². The molecular formula is C63H107NO3. The first kappa shape index (κ1) is 63.8. The fourth-order valence-corrected chi connectivity index (χ4v) is 7.92. The highest BCUT2D eigenvalue weighted by atomic mass is 16.3. The maximum absolute atomic E-state index is 12.5. The van der Waals surface area contributed by atoms with Gasteiger partial charge in [0.2, 0.25) is 5.91 Å². The highest BCUT2D eigenvalue weighted by molar-refractivity contribution is 5.76. The van der Waals surface area contributed by atoms with E-state index in [4.69, 9.17) is 0 Å². The molecule has 2 unspecified atom stereocenters. The molecule has 1 amide bonds. The number of aliphatic hydroxyl groups is 2. The van der Waals surface area contributed by atoms with Crippen LogP contribution in [-0.4, -0.2) is 34.9 Å². The molecule has 0 bridgehead atoms. The van der Waals surface area contributed by atoms with Crippen LogP contribution < -0.4 is 5.32 Å². The summed E-state index contributed by atoms with van der Waals surface area (Å²) in [6.07, 6.45) is 87.8. The molecule has 0 rings (SSSR count). The number of allylic oxidation sites excluding steroid dienone is 19. The van der Waals surface area contributed by atoms with Crippen molar-refractivity contribution in [2.45, 2.75) is 264 Å². The van der Waals surface area contributed by atoms with Crippen LogP contribution in [0.1, 0.15) is 251 Å². The summed E-state index contributed by atoms with van der Waals surface area (Å²) >= 11 is 0. The number of nitrogens with one attached hydrogen (secondary N) is 1. The van der Waals surface area contributed by atoms with E-state index in [1.165, 1.54) is 148 Å². The number of amides is 1. The molecule has 4 heteroatoms. The topological polar surface area (TPSA) is 69.6 Å². The van der Waals surface area contributed by atoms with E-state index in [1.807, 2.05) is 6.08 Å². The first-order valence-corrected chi connectivity index (χ1v) is 28.2. The second-order valence-corrected chi connectivity index (χ2v) is 18.6. The molecule has 67 heavy (non-hydrogen) atoms. The van der Waals surface area contributed by atoms with Crippen LogP contribution in [0.15, 0.2) is 122 Å². The summed E-state index contributed by atoms with van der Waals surface area (Å²) in [5.41, 5.74) is 0. The van der Waals surface area contributed by atoms with Gasteiger partial charge in [-0.25, -0.2) is 0 Å². The van der Waals surface area contributed by atoms with Crippen molar-refractivity contribution in [2.24, 2.45) is 0 Å². The lowest BCUT2D eigenvalue weighted by atomic mass is 10.0. The highest BCUT2D eigenvalue weighted by Gasteiger charge is 2.17. The van der Waals surface area contributed by atoms with E-state index in [0.717, 1.165) is 83.5 Å². The summed E-state index contributed by atoms with van der Waals surface area (Å²) in [6.45, 7) is 4.18. The second kappa shape index (κ2) is 57.1. The Bertz CT molecular complexity index is 1330. The van der Waals surface area contributed by atoms with Crippen LogP contribution in [0.25, 0.3) is 0 Å². The van der Waals surface area contributed by atoms with Crippen molar-refractivity contribution >= 4 is 5.91 Å². The summed E-state index contributed by atoms with van der Waals surface area (Å²) in [5, 5.41) is 23.1. The van der Waals surface area contributed by atoms with Gasteiger partial charge in [0.05, 0.1) is 18.8 Å². The Kier molecular flexibility index (Phi) is 54.4. The van der Waals surface area contributed by atoms with Crippen molar-refractivity contribution in [1.29, 1.82) is 0 Å². The monoisotopic (exact) mass is 926 g/mol. The number of unbranched alkanes of at least 4 members (excludes halogenated alkanes) is 25. The van der Waals surface area contributed by atoms with Crippen molar-refractivity contribution in [1.82, 2.24) is 5.32 Å². The number of aliphatic hydroxyl groups excluding tert-OH is 2. The van der Waals surface area contributed by atoms with Gasteiger partial charge < -0.3 is 15.5 Å². The van der Waals surface area contributed by atoms with Crippen LogP contribution in [0.4, 0.5) is 0 Å². The highest BCUT2D eigenvalue weighted by Crippen LogP contribution is 2.15. The average molecular weight is 927 g/mol. The number of hydrogen-bond donors (Lipinski definition) is 3. The largest absolute Gasteiger partial charge is 0.394 e. The van der Waals surface area contributed by atoms with Crippen molar-refractivity contribution in [3.05, 3.63) is 122 Å². The van der Waals surface area contributed by atoms with Gasteiger partial charge >= 0.3 is 0 Å². The molecule has 0 saturated heterocycles. The Morgan fingerprint density at radius 1 is 0.373 bits per heavy atom. The van der Waals surface area contributed by atoms with Gasteiger partial charge in [0.25, 0.3) is 0 Å². The molecule has 0 saturated carbocycles. The lowest BCUT2D eigenvalue weighted by Gasteiger charge is -2.19. The summed E-state index contributed by atoms with van der Waals surface area (Å²) in [7, 11) is 0. The Balaban J connectivity index is 3.57. The third-order valence-corrected chi connectivity index (χ3v) is 12.2. The molecular weight excluding hydrogens is 819 g/mol. The van der Waals surface area contributed by atoms with E-state index >= 15 is 0 Å². The third kappa shape index (κ3) is 53.6. The standard InChI is InChI=1S/C63H107NO3/c1-3-5-7-9-11-13-15-17-19-21-22-23-24-25-26-27-28-29-30-31-32-33-34-35-36-37-38-39-40-41-42-43-45-47-49-51-53-55-57-59-63(67)64-61(60-65)62(66)58-56-54-52-50-48-46-44-20-18-16-14-12-10-8-6-4-2/h5,7,11,13,17,19,22-23,25-26,28-29,31-32,34-35,48,50,56,58,61-62,65-66H,3-4,6,8-10,12,14-16,18,20-21,24,27,30,33,36-47,49,51-55,57,59-60H2,1-2H3,(H,64,67)/b7-5-,13-11-,19-17-,23-22-,26-25-,29-28-,32-31-,35-34-,50-48+,58-56+. The minimum absolute atomic E-state index is 0.0782. The molecule has 0 aliphatic heterocycles. The van der Waals surface area contributed by atoms with Crippen LogP contribution in [0.3, 0.4) is 0 Å². The van der Waals surface area contributed by atoms with Crippen molar-refractivity contribution in [3.8, 4) is 0 Å². The molecule has 382 valence electrons. The Hall–Kier alpha value is -3.21. The fourth-order valence-electron chi connectivity index (χ4n) is 7.92. The first-order valence-electron chi connectivity index (χ1n) is 28.2. The van der Waals surface area contributed by atoms with E-state index in [-0.39, 0.29) is 12.5 Å². The van der Waals surface area contributed by atoms with Gasteiger partial charge in [0.1, 0.15) is 0 Å². The van der Waals surface area contributed by atoms with Gasteiger partial charge in [-0.2, -0.15) is 0 Å². The average Bonchev–Trinajstić information content (AvgIpc) is 3.33. The van der Waals surface area contributed by atoms with Crippen molar-refractivity contribution < 1.29 is 15.0 Å². The molecule has 0 spiro atoms. The lowest BCUT2D eigenvalue weighted by Crippen LogP contribution is -2.45. The minimum Gasteiger partial charge on any atom is -0.394 e. The molecule has 0 fully saturated rings. The zero-order valence-electron chi connectivity index (χ0n) is 43.9. The molecule has 2 atom stereocenters. The predicted octanol–water partition coefficient (Wildman–Crippen LogP) is 18.9. The van der Waals surface area contributed by atoms with E-state index in [9.17, 15) is 15.0 Å². The third-order valence-electron chi connectivity index (χ3n) is 12.2. The van der Waals surface area contributed by atoms with E-state index < -0.39 is 12.1 Å². The van der Waals surface area contributed by atoms with Gasteiger partial charge in [-0.1, -0.05) is 270 Å². The van der Waals surface area contributed by atoms with Gasteiger partial charge in [0, 0.05) is 6.42 Å². The fraction of sp³-hybridized carbons (Fsp3) is 0.667. The van der Waals surface area contributed by atoms with E-state index in [1.54, 1.807) is 6.08 Å². The molecule has 0 aliphatic carbocycles. The quantitative estimate of drug-likeness (QED) is 0.0421. The van der Waals surface area contributed by atoms with Gasteiger partial charge in [-0.05, 0) is 96.3 Å². The minimum atomic E-state index is -0.868. The van der Waals surface area contributed by atoms with Crippen LogP contribution in [0.5, 0.6) is 0 Å². The zero-order chi connectivity index (χ0) is 48.5. The van der Waals surface area contributed by atoms with Crippen LogP contribution >= 0.6 is 0 Å². The Morgan fingerprint density at radius 3 is 1.04 bits per heavy atom. The molecule has 0 radical (unpaired) electrons. The summed E-state index contributed by atoms with van der Waals surface area (Å²) in [5.74, 6) is -0.0782. The smallest absolute Gasteiger partial charge is 0.220 e. The molecule has 3 N–H and O–H groups in total. The van der Waals surface area contributed by atoms with Gasteiger partial charge in [0.15, 0.2) is 0 Å². The maximum atomic E-state index is 12.5. The SMILES string of the molecule is CC/C=C\C/C=C\C/C=C\C/C=C\C/C=C\C/C=C\C/C=C\C/C=C\CCCCCCCCCCCCCCCCC(=O)NC(CO)C(O)/C=C/CC/C=C/CCCCCCCCCCCC. The van der Waals surface area contributed by atoms with E-state index in [2.05, 4.69) is 129 Å². The number of hydrogen-bond acceptors (Lipinski definition) is 3. The normalized spacial score (nSPS) is 13.8. The summed E-state index contributed by atoms with van der Waals surface area (Å²) < 4.78 is 0. The first-order chi connectivity index (χ1) is 33.2. The Labute approximate surface area is 416 Å². The van der Waals surface area contributed by atoms with Crippen molar-refractivity contribution in [3.63, 3.8) is 0 Å². The maximum Gasteiger partial charge on any atom is 0.220 e. The predicted molar refractivity (Wildman–Crippen MR) is 299 cm³/mol. The molecule has 0 aromatic heterocycles. The molecule has 0 aliphatic rings. The molecule has 0 aromatic carbocycles. The zero-order valence-corrected chi connectivity index (χ0v) is 43.9.